The third-order valence-corrected chi connectivity index (χ3v) is 5.50. The lowest BCUT2D eigenvalue weighted by Crippen LogP contribution is -2.57. The maximum atomic E-state index is 12.2. The van der Waals surface area contributed by atoms with Crippen molar-refractivity contribution in [2.24, 2.45) is 0 Å². The van der Waals surface area contributed by atoms with E-state index in [0.717, 1.165) is 17.3 Å². The Morgan fingerprint density at radius 3 is 2.50 bits per heavy atom. The van der Waals surface area contributed by atoms with E-state index in [1.165, 1.54) is 12.3 Å². The topological polar surface area (TPSA) is 130 Å². The molecule has 1 aromatic heterocycles. The Balaban J connectivity index is 1.58. The molecule has 0 spiro atoms. The number of rotatable bonds is 7. The van der Waals surface area contributed by atoms with Crippen LogP contribution >= 0.6 is 11.8 Å². The number of benzene rings is 1. The van der Waals surface area contributed by atoms with Gasteiger partial charge in [-0.3, -0.25) is 4.79 Å². The van der Waals surface area contributed by atoms with Crippen molar-refractivity contribution >= 4 is 11.8 Å². The lowest BCUT2D eigenvalue weighted by Gasteiger charge is -2.39. The van der Waals surface area contributed by atoms with Gasteiger partial charge in [-0.25, -0.2) is 0 Å². The first-order valence-electron chi connectivity index (χ1n) is 8.70. The average Bonchev–Trinajstić information content (AvgIpc) is 2.71. The Kier molecular flexibility index (Phi) is 7.11. The van der Waals surface area contributed by atoms with Gasteiger partial charge in [-0.1, -0.05) is 30.3 Å². The molecule has 0 radical (unpaired) electrons. The zero-order chi connectivity index (χ0) is 20.1. The van der Waals surface area contributed by atoms with E-state index in [1.807, 2.05) is 30.3 Å². The zero-order valence-corrected chi connectivity index (χ0v) is 15.7. The van der Waals surface area contributed by atoms with Crippen LogP contribution in [0.15, 0.2) is 51.9 Å². The Hall–Kier alpha value is -1.88. The summed E-state index contributed by atoms with van der Waals surface area (Å²) in [6.07, 6.45) is -3.94. The largest absolute Gasteiger partial charge is 0.482 e. The van der Waals surface area contributed by atoms with Crippen molar-refractivity contribution in [1.82, 2.24) is 0 Å². The summed E-state index contributed by atoms with van der Waals surface area (Å²) >= 11 is 1.08. The van der Waals surface area contributed by atoms with Gasteiger partial charge in [0.1, 0.15) is 48.5 Å². The Labute approximate surface area is 165 Å². The van der Waals surface area contributed by atoms with Gasteiger partial charge in [0.15, 0.2) is 0 Å². The Morgan fingerprint density at radius 1 is 1.07 bits per heavy atom. The van der Waals surface area contributed by atoms with E-state index < -0.39 is 36.5 Å². The molecular weight excluding hydrogens is 388 g/mol. The van der Waals surface area contributed by atoms with Gasteiger partial charge >= 0.3 is 0 Å². The van der Waals surface area contributed by atoms with Crippen LogP contribution in [0.2, 0.25) is 0 Å². The molecule has 8 nitrogen and oxygen atoms in total. The maximum absolute atomic E-state index is 12.2. The summed E-state index contributed by atoms with van der Waals surface area (Å²) < 4.78 is 16.3. The van der Waals surface area contributed by atoms with Crippen molar-refractivity contribution in [3.8, 4) is 5.75 Å². The molecule has 1 aromatic carbocycles. The van der Waals surface area contributed by atoms with E-state index in [1.54, 1.807) is 0 Å². The fourth-order valence-corrected chi connectivity index (χ4v) is 3.78. The second-order valence-electron chi connectivity index (χ2n) is 6.36. The minimum atomic E-state index is -1.44. The molecular formula is C19H22O8S. The highest BCUT2D eigenvalue weighted by Gasteiger charge is 2.43. The fraction of sp³-hybridized carbons (Fsp3) is 0.421. The molecule has 1 aliphatic heterocycles. The third kappa shape index (κ3) is 4.93. The summed E-state index contributed by atoms with van der Waals surface area (Å²) in [7, 11) is 0. The summed E-state index contributed by atoms with van der Waals surface area (Å²) in [6.45, 7) is -0.255. The van der Waals surface area contributed by atoms with Crippen LogP contribution in [-0.4, -0.2) is 56.9 Å². The predicted molar refractivity (Wildman–Crippen MR) is 101 cm³/mol. The maximum Gasteiger partial charge on any atom is 0.227 e. The van der Waals surface area contributed by atoms with Crippen molar-refractivity contribution in [2.75, 3.05) is 6.61 Å². The van der Waals surface area contributed by atoms with Crippen LogP contribution in [-0.2, 0) is 17.1 Å². The summed E-state index contributed by atoms with van der Waals surface area (Å²) in [5.74, 6) is 0.598. The molecule has 152 valence electrons. The van der Waals surface area contributed by atoms with Gasteiger partial charge in [-0.05, 0) is 5.56 Å². The van der Waals surface area contributed by atoms with E-state index in [0.29, 0.717) is 5.76 Å². The molecule has 2 heterocycles. The highest BCUT2D eigenvalue weighted by Crippen LogP contribution is 2.30. The molecule has 1 aliphatic rings. The summed E-state index contributed by atoms with van der Waals surface area (Å²) in [5, 5.41) is 38.8. The molecule has 0 amide bonds. The van der Waals surface area contributed by atoms with Crippen LogP contribution in [0.3, 0.4) is 0 Å². The second-order valence-corrected chi connectivity index (χ2v) is 7.44. The van der Waals surface area contributed by atoms with Crippen LogP contribution in [0.5, 0.6) is 5.75 Å². The fourth-order valence-electron chi connectivity index (χ4n) is 2.72. The molecule has 0 bridgehead atoms. The normalized spacial score (nSPS) is 27.5. The highest BCUT2D eigenvalue weighted by molar-refractivity contribution is 7.99. The van der Waals surface area contributed by atoms with Gasteiger partial charge in [0.05, 0.1) is 12.4 Å². The monoisotopic (exact) mass is 410 g/mol. The number of hydrogen-bond donors (Lipinski definition) is 4. The van der Waals surface area contributed by atoms with Crippen LogP contribution in [0.1, 0.15) is 11.3 Å². The molecule has 0 unspecified atom stereocenters. The minimum Gasteiger partial charge on any atom is -0.482 e. The number of ether oxygens (including phenoxy) is 2. The molecule has 1 saturated heterocycles. The van der Waals surface area contributed by atoms with E-state index >= 15 is 0 Å². The van der Waals surface area contributed by atoms with Gasteiger partial charge in [0, 0.05) is 6.07 Å². The van der Waals surface area contributed by atoms with E-state index in [9.17, 15) is 25.2 Å². The Morgan fingerprint density at radius 2 is 1.82 bits per heavy atom. The summed E-state index contributed by atoms with van der Waals surface area (Å²) in [6, 6.07) is 10.7. The molecule has 0 aliphatic carbocycles. The standard InChI is InChI=1S/C19H22O8S/c20-7-14-16(22)17(23)18(24)19(27-14)28-10-12-6-13(21)15(9-25-12)26-8-11-4-2-1-3-5-11/h1-6,9,14,16-20,22-24H,7-8,10H2/t14-,16-,17+,18-,19+/m1/s1. The first-order chi connectivity index (χ1) is 13.5. The van der Waals surface area contributed by atoms with Crippen LogP contribution in [0.25, 0.3) is 0 Å². The lowest BCUT2D eigenvalue weighted by molar-refractivity contribution is -0.205. The van der Waals surface area contributed by atoms with Gasteiger partial charge in [-0.2, -0.15) is 0 Å². The summed E-state index contributed by atoms with van der Waals surface area (Å²) in [4.78, 5) is 12.2. The van der Waals surface area contributed by atoms with Crippen molar-refractivity contribution in [3.63, 3.8) is 0 Å². The molecule has 4 N–H and O–H groups in total. The number of hydrogen-bond acceptors (Lipinski definition) is 9. The first-order valence-corrected chi connectivity index (χ1v) is 9.75. The lowest BCUT2D eigenvalue weighted by atomic mass is 10.0. The van der Waals surface area contributed by atoms with Gasteiger partial charge in [0.25, 0.3) is 0 Å². The minimum absolute atomic E-state index is 0.0884. The molecule has 28 heavy (non-hydrogen) atoms. The van der Waals surface area contributed by atoms with E-state index in [4.69, 9.17) is 13.9 Å². The number of thioether (sulfide) groups is 1. The van der Waals surface area contributed by atoms with Crippen LogP contribution in [0.4, 0.5) is 0 Å². The smallest absolute Gasteiger partial charge is 0.227 e. The van der Waals surface area contributed by atoms with E-state index in [-0.39, 0.29) is 23.5 Å². The van der Waals surface area contributed by atoms with E-state index in [2.05, 4.69) is 0 Å². The molecule has 3 rings (SSSR count). The van der Waals surface area contributed by atoms with Crippen LogP contribution < -0.4 is 10.2 Å². The second kappa shape index (κ2) is 9.55. The molecule has 2 aromatic rings. The highest BCUT2D eigenvalue weighted by atomic mass is 32.2. The van der Waals surface area contributed by atoms with Crippen molar-refractivity contribution in [2.45, 2.75) is 42.2 Å². The van der Waals surface area contributed by atoms with Crippen molar-refractivity contribution in [3.05, 3.63) is 64.2 Å². The van der Waals surface area contributed by atoms with Crippen molar-refractivity contribution in [1.29, 1.82) is 0 Å². The third-order valence-electron chi connectivity index (χ3n) is 4.33. The quantitative estimate of drug-likeness (QED) is 0.507. The average molecular weight is 410 g/mol. The van der Waals surface area contributed by atoms with Gasteiger partial charge < -0.3 is 34.3 Å². The first kappa shape index (κ1) is 20.8. The van der Waals surface area contributed by atoms with Crippen LogP contribution in [0, 0.1) is 0 Å². The van der Waals surface area contributed by atoms with Gasteiger partial charge in [-0.15, -0.1) is 11.8 Å². The van der Waals surface area contributed by atoms with Gasteiger partial charge in [0.2, 0.25) is 11.2 Å². The number of aliphatic hydroxyl groups is 4. The molecule has 1 fully saturated rings. The summed E-state index contributed by atoms with van der Waals surface area (Å²) in [5.41, 5.74) is -0.314. The zero-order valence-electron chi connectivity index (χ0n) is 14.9. The number of aliphatic hydroxyl groups excluding tert-OH is 4. The van der Waals surface area contributed by atoms with Crippen molar-refractivity contribution < 1.29 is 34.3 Å². The SMILES string of the molecule is O=c1cc(CS[C@@H]2O[C@H](CO)[C@@H](O)[C@H](O)[C@H]2O)occ1OCc1ccccc1. The molecule has 9 heteroatoms. The molecule has 5 atom stereocenters. The predicted octanol–water partition coefficient (Wildman–Crippen LogP) is 0.252. The Bertz CT molecular complexity index is 809. The molecule has 0 saturated carbocycles.